The SMILES string of the molecule is CCOc1ccc(S(=O)(=O)N(C)CC(=O)Nc2cccc(NC(C)=O)c2)cc1Cl. The number of ether oxygens (including phenoxy) is 1. The number of hydrogen-bond acceptors (Lipinski definition) is 5. The van der Waals surface area contributed by atoms with Crippen LogP contribution in [-0.4, -0.2) is 44.7 Å². The molecule has 0 spiro atoms. The van der Waals surface area contributed by atoms with E-state index in [1.54, 1.807) is 31.2 Å². The fraction of sp³-hybridized carbons (Fsp3) is 0.263. The van der Waals surface area contributed by atoms with E-state index in [9.17, 15) is 18.0 Å². The zero-order valence-corrected chi connectivity index (χ0v) is 17.8. The number of nitrogens with zero attached hydrogens (tertiary/aromatic N) is 1. The lowest BCUT2D eigenvalue weighted by molar-refractivity contribution is -0.116. The highest BCUT2D eigenvalue weighted by molar-refractivity contribution is 7.89. The van der Waals surface area contributed by atoms with Crippen molar-refractivity contribution >= 4 is 44.8 Å². The van der Waals surface area contributed by atoms with Gasteiger partial charge < -0.3 is 15.4 Å². The van der Waals surface area contributed by atoms with Gasteiger partial charge in [-0.25, -0.2) is 8.42 Å². The van der Waals surface area contributed by atoms with Crippen molar-refractivity contribution in [3.63, 3.8) is 0 Å². The maximum atomic E-state index is 12.7. The predicted octanol–water partition coefficient (Wildman–Crippen LogP) is 2.96. The molecule has 0 radical (unpaired) electrons. The van der Waals surface area contributed by atoms with Crippen molar-refractivity contribution in [2.24, 2.45) is 0 Å². The molecule has 156 valence electrons. The van der Waals surface area contributed by atoms with E-state index >= 15 is 0 Å². The van der Waals surface area contributed by atoms with Gasteiger partial charge in [-0.3, -0.25) is 9.59 Å². The molecule has 0 saturated heterocycles. The first-order chi connectivity index (χ1) is 13.6. The van der Waals surface area contributed by atoms with Gasteiger partial charge in [0.2, 0.25) is 21.8 Å². The van der Waals surface area contributed by atoms with Crippen molar-refractivity contribution in [2.75, 3.05) is 30.8 Å². The van der Waals surface area contributed by atoms with Gasteiger partial charge in [-0.2, -0.15) is 4.31 Å². The largest absolute Gasteiger partial charge is 0.492 e. The summed E-state index contributed by atoms with van der Waals surface area (Å²) in [6, 6.07) is 10.7. The smallest absolute Gasteiger partial charge is 0.243 e. The Morgan fingerprint density at radius 1 is 1.10 bits per heavy atom. The minimum atomic E-state index is -3.93. The van der Waals surface area contributed by atoms with Gasteiger partial charge in [0.15, 0.2) is 0 Å². The quantitative estimate of drug-likeness (QED) is 0.657. The molecule has 2 aromatic carbocycles. The monoisotopic (exact) mass is 439 g/mol. The van der Waals surface area contributed by atoms with Crippen LogP contribution in [0.2, 0.25) is 5.02 Å². The first kappa shape index (κ1) is 22.7. The second-order valence-corrected chi connectivity index (χ2v) is 8.55. The summed E-state index contributed by atoms with van der Waals surface area (Å²) in [5.74, 6) is -0.394. The van der Waals surface area contributed by atoms with E-state index in [1.807, 2.05) is 0 Å². The first-order valence-corrected chi connectivity index (χ1v) is 10.5. The molecule has 0 aliphatic heterocycles. The average molecular weight is 440 g/mol. The summed E-state index contributed by atoms with van der Waals surface area (Å²) >= 11 is 6.07. The third-order valence-electron chi connectivity index (χ3n) is 3.74. The third-order valence-corrected chi connectivity index (χ3v) is 5.84. The standard InChI is InChI=1S/C19H22ClN3O5S/c1-4-28-18-9-8-16(11-17(18)20)29(26,27)23(3)12-19(25)22-15-7-5-6-14(10-15)21-13(2)24/h5-11H,4,12H2,1-3H3,(H,21,24)(H,22,25). The molecular formula is C19H22ClN3O5S. The Bertz CT molecular complexity index is 1010. The van der Waals surface area contributed by atoms with Crippen LogP contribution in [0, 0.1) is 0 Å². The number of hydrogen-bond donors (Lipinski definition) is 2. The maximum absolute atomic E-state index is 12.7. The zero-order valence-electron chi connectivity index (χ0n) is 16.2. The fourth-order valence-electron chi connectivity index (χ4n) is 2.46. The number of anilines is 2. The van der Waals surface area contributed by atoms with Crippen LogP contribution in [0.15, 0.2) is 47.4 Å². The van der Waals surface area contributed by atoms with Crippen LogP contribution in [-0.2, 0) is 19.6 Å². The number of halogens is 1. The first-order valence-electron chi connectivity index (χ1n) is 8.69. The van der Waals surface area contributed by atoms with Gasteiger partial charge in [-0.15, -0.1) is 0 Å². The number of nitrogens with one attached hydrogen (secondary N) is 2. The second-order valence-electron chi connectivity index (χ2n) is 6.10. The number of amides is 2. The lowest BCUT2D eigenvalue weighted by Crippen LogP contribution is -2.35. The number of likely N-dealkylation sites (N-methyl/N-ethyl adjacent to an activating group) is 1. The molecule has 0 aromatic heterocycles. The minimum absolute atomic E-state index is 0.0473. The third kappa shape index (κ3) is 6.18. The summed E-state index contributed by atoms with van der Waals surface area (Å²) in [6.07, 6.45) is 0. The minimum Gasteiger partial charge on any atom is -0.492 e. The van der Waals surface area contributed by atoms with Crippen LogP contribution in [0.5, 0.6) is 5.75 Å². The van der Waals surface area contributed by atoms with E-state index in [1.165, 1.54) is 32.2 Å². The molecule has 2 N–H and O–H groups in total. The summed E-state index contributed by atoms with van der Waals surface area (Å²) in [4.78, 5) is 23.4. The highest BCUT2D eigenvalue weighted by atomic mass is 35.5. The van der Waals surface area contributed by atoms with Crippen molar-refractivity contribution in [3.05, 3.63) is 47.5 Å². The highest BCUT2D eigenvalue weighted by Gasteiger charge is 2.24. The molecular weight excluding hydrogens is 418 g/mol. The van der Waals surface area contributed by atoms with E-state index in [4.69, 9.17) is 16.3 Å². The molecule has 0 aliphatic rings. The number of carbonyl (C=O) groups is 2. The van der Waals surface area contributed by atoms with Crippen molar-refractivity contribution < 1.29 is 22.7 Å². The molecule has 0 unspecified atom stereocenters. The molecule has 8 nitrogen and oxygen atoms in total. The van der Waals surface area contributed by atoms with Crippen molar-refractivity contribution in [2.45, 2.75) is 18.7 Å². The van der Waals surface area contributed by atoms with Gasteiger partial charge >= 0.3 is 0 Å². The van der Waals surface area contributed by atoms with Gasteiger partial charge in [0.1, 0.15) is 5.75 Å². The van der Waals surface area contributed by atoms with Gasteiger partial charge in [0.05, 0.1) is 23.1 Å². The fourth-order valence-corrected chi connectivity index (χ4v) is 3.91. The van der Waals surface area contributed by atoms with E-state index in [-0.39, 0.29) is 15.8 Å². The summed E-state index contributed by atoms with van der Waals surface area (Å²) in [6.45, 7) is 3.16. The molecule has 2 amide bonds. The van der Waals surface area contributed by atoms with Crippen LogP contribution in [0.3, 0.4) is 0 Å². The van der Waals surface area contributed by atoms with Crippen LogP contribution in [0.1, 0.15) is 13.8 Å². The Morgan fingerprint density at radius 3 is 2.34 bits per heavy atom. The summed E-state index contributed by atoms with van der Waals surface area (Å²) in [5.41, 5.74) is 0.941. The molecule has 0 heterocycles. The topological polar surface area (TPSA) is 105 Å². The molecule has 2 rings (SSSR count). The molecule has 0 bridgehead atoms. The summed E-state index contributed by atoms with van der Waals surface area (Å²) < 4.78 is 31.7. The molecule has 2 aromatic rings. The molecule has 0 atom stereocenters. The molecule has 0 aliphatic carbocycles. The number of benzene rings is 2. The lowest BCUT2D eigenvalue weighted by atomic mass is 10.2. The van der Waals surface area contributed by atoms with Crippen molar-refractivity contribution in [1.29, 1.82) is 0 Å². The lowest BCUT2D eigenvalue weighted by Gasteiger charge is -2.18. The maximum Gasteiger partial charge on any atom is 0.243 e. The van der Waals surface area contributed by atoms with Crippen LogP contribution < -0.4 is 15.4 Å². The van der Waals surface area contributed by atoms with Crippen molar-refractivity contribution in [3.8, 4) is 5.75 Å². The van der Waals surface area contributed by atoms with Gasteiger partial charge in [-0.05, 0) is 43.3 Å². The van der Waals surface area contributed by atoms with Gasteiger partial charge in [0.25, 0.3) is 0 Å². The van der Waals surface area contributed by atoms with E-state index < -0.39 is 22.5 Å². The van der Waals surface area contributed by atoms with E-state index in [0.717, 1.165) is 4.31 Å². The number of carbonyl (C=O) groups excluding carboxylic acids is 2. The summed E-state index contributed by atoms with van der Waals surface area (Å²) in [7, 11) is -2.63. The molecule has 0 saturated carbocycles. The van der Waals surface area contributed by atoms with Crippen molar-refractivity contribution in [1.82, 2.24) is 4.31 Å². The highest BCUT2D eigenvalue weighted by Crippen LogP contribution is 2.28. The van der Waals surface area contributed by atoms with Crippen LogP contribution >= 0.6 is 11.6 Å². The number of rotatable bonds is 8. The van der Waals surface area contributed by atoms with Crippen LogP contribution in [0.4, 0.5) is 11.4 Å². The molecule has 10 heteroatoms. The Kier molecular flexibility index (Phi) is 7.60. The Hall–Kier alpha value is -2.62. The van der Waals surface area contributed by atoms with Gasteiger partial charge in [-0.1, -0.05) is 17.7 Å². The predicted molar refractivity (Wildman–Crippen MR) is 112 cm³/mol. The Labute approximate surface area is 174 Å². The average Bonchev–Trinajstić information content (AvgIpc) is 2.63. The Balaban J connectivity index is 2.08. The molecule has 29 heavy (non-hydrogen) atoms. The molecule has 0 fully saturated rings. The second kappa shape index (κ2) is 9.73. The van der Waals surface area contributed by atoms with E-state index in [0.29, 0.717) is 23.7 Å². The normalized spacial score (nSPS) is 11.2. The zero-order chi connectivity index (χ0) is 21.6. The Morgan fingerprint density at radius 2 is 1.76 bits per heavy atom. The number of sulfonamides is 1. The van der Waals surface area contributed by atoms with E-state index in [2.05, 4.69) is 10.6 Å². The van der Waals surface area contributed by atoms with Crippen LogP contribution in [0.25, 0.3) is 0 Å². The van der Waals surface area contributed by atoms with Gasteiger partial charge in [0, 0.05) is 25.3 Å². The summed E-state index contributed by atoms with van der Waals surface area (Å²) in [5, 5.41) is 5.38.